The number of urea groups is 1. The maximum Gasteiger partial charge on any atom is 0.314 e. The predicted molar refractivity (Wildman–Crippen MR) is 95.4 cm³/mol. The van der Waals surface area contributed by atoms with Crippen LogP contribution in [0.1, 0.15) is 19.8 Å². The summed E-state index contributed by atoms with van der Waals surface area (Å²) in [4.78, 5) is 25.3. The molecule has 0 aliphatic carbocycles. The summed E-state index contributed by atoms with van der Waals surface area (Å²) in [5, 5.41) is 7.41. The van der Waals surface area contributed by atoms with Crippen molar-refractivity contribution < 1.29 is 9.59 Å². The van der Waals surface area contributed by atoms with Crippen LogP contribution in [-0.2, 0) is 4.79 Å². The average Bonchev–Trinajstić information content (AvgIpc) is 2.54. The van der Waals surface area contributed by atoms with Crippen molar-refractivity contribution in [3.63, 3.8) is 0 Å². The van der Waals surface area contributed by atoms with Gasteiger partial charge >= 0.3 is 6.03 Å². The van der Waals surface area contributed by atoms with E-state index in [9.17, 15) is 9.59 Å². The van der Waals surface area contributed by atoms with E-state index in [1.165, 1.54) is 5.19 Å². The first-order valence-corrected chi connectivity index (χ1v) is 11.4. The van der Waals surface area contributed by atoms with Crippen LogP contribution in [0.15, 0.2) is 30.3 Å². The highest BCUT2D eigenvalue weighted by Gasteiger charge is 2.25. The topological polar surface area (TPSA) is 61.4 Å². The summed E-state index contributed by atoms with van der Waals surface area (Å²) < 4.78 is 0. The predicted octanol–water partition coefficient (Wildman–Crippen LogP) is 1.45. The van der Waals surface area contributed by atoms with Gasteiger partial charge in [-0.2, -0.15) is 0 Å². The molecule has 2 rings (SSSR count). The number of carbonyl (C=O) groups is 2. The van der Waals surface area contributed by atoms with Gasteiger partial charge in [-0.15, -0.1) is 0 Å². The molecule has 1 aromatic rings. The van der Waals surface area contributed by atoms with Crippen molar-refractivity contribution in [2.45, 2.75) is 38.9 Å². The molecular weight excluding hydrogens is 306 g/mol. The van der Waals surface area contributed by atoms with Crippen molar-refractivity contribution >= 4 is 25.2 Å². The number of nitrogens with one attached hydrogen (secondary N) is 2. The lowest BCUT2D eigenvalue weighted by molar-refractivity contribution is -0.129. The van der Waals surface area contributed by atoms with Crippen molar-refractivity contribution in [2.24, 2.45) is 0 Å². The minimum absolute atomic E-state index is 0.0946. The van der Waals surface area contributed by atoms with Gasteiger partial charge in [-0.3, -0.25) is 4.79 Å². The van der Waals surface area contributed by atoms with E-state index in [4.69, 9.17) is 0 Å². The Balaban J connectivity index is 1.76. The normalized spacial score (nSPS) is 16.0. The number of piperidine rings is 1. The zero-order valence-corrected chi connectivity index (χ0v) is 15.3. The molecule has 0 bridgehead atoms. The van der Waals surface area contributed by atoms with Crippen LogP contribution in [-0.4, -0.2) is 50.2 Å². The van der Waals surface area contributed by atoms with Gasteiger partial charge < -0.3 is 15.5 Å². The third-order valence-corrected chi connectivity index (χ3v) is 7.48. The van der Waals surface area contributed by atoms with Crippen LogP contribution >= 0.6 is 0 Å². The molecule has 5 nitrogen and oxygen atoms in total. The Kier molecular flexibility index (Phi) is 5.82. The highest BCUT2D eigenvalue weighted by molar-refractivity contribution is 6.90. The lowest BCUT2D eigenvalue weighted by Crippen LogP contribution is -2.55. The van der Waals surface area contributed by atoms with E-state index in [0.717, 1.165) is 32.1 Å². The third kappa shape index (κ3) is 5.09. The van der Waals surface area contributed by atoms with Gasteiger partial charge in [0.2, 0.25) is 5.91 Å². The van der Waals surface area contributed by atoms with Gasteiger partial charge in [0.15, 0.2) is 0 Å². The number of amides is 3. The number of hydrogen-bond donors (Lipinski definition) is 2. The van der Waals surface area contributed by atoms with Crippen molar-refractivity contribution in [1.29, 1.82) is 0 Å². The lowest BCUT2D eigenvalue weighted by atomic mass is 10.1. The molecule has 126 valence electrons. The molecule has 1 aliphatic heterocycles. The quantitative estimate of drug-likeness (QED) is 0.819. The van der Waals surface area contributed by atoms with E-state index in [0.29, 0.717) is 0 Å². The third-order valence-electron chi connectivity index (χ3n) is 4.52. The molecule has 2 N–H and O–H groups in total. The first kappa shape index (κ1) is 17.5. The molecule has 1 aromatic carbocycles. The Bertz CT molecular complexity index is 540. The van der Waals surface area contributed by atoms with Crippen LogP contribution in [0.4, 0.5) is 4.79 Å². The molecule has 0 radical (unpaired) electrons. The Morgan fingerprint density at radius 1 is 1.17 bits per heavy atom. The van der Waals surface area contributed by atoms with Crippen molar-refractivity contribution in [3.05, 3.63) is 30.3 Å². The maximum absolute atomic E-state index is 12.1. The highest BCUT2D eigenvalue weighted by Crippen LogP contribution is 2.10. The standard InChI is InChI=1S/C17H27N3O2Si/c1-14(21)20-11-9-15(10-12-20)19-17(22)18-13-23(2,3)16-7-5-4-6-8-16/h4-8,15H,9-13H2,1-3H3,(H2,18,19,22). The number of benzene rings is 1. The Morgan fingerprint density at radius 3 is 2.35 bits per heavy atom. The second kappa shape index (κ2) is 7.63. The van der Waals surface area contributed by atoms with Crippen molar-refractivity contribution in [2.75, 3.05) is 19.3 Å². The summed E-state index contributed by atoms with van der Waals surface area (Å²) in [5.41, 5.74) is 0. The summed E-state index contributed by atoms with van der Waals surface area (Å²) in [6.45, 7) is 7.56. The fourth-order valence-corrected chi connectivity index (χ4v) is 4.77. The number of rotatable bonds is 4. The lowest BCUT2D eigenvalue weighted by Gasteiger charge is -2.32. The Labute approximate surface area is 139 Å². The monoisotopic (exact) mass is 333 g/mol. The Morgan fingerprint density at radius 2 is 1.78 bits per heavy atom. The molecule has 3 amide bonds. The zero-order valence-electron chi connectivity index (χ0n) is 14.3. The van der Waals surface area contributed by atoms with Crippen molar-refractivity contribution in [1.82, 2.24) is 15.5 Å². The largest absolute Gasteiger partial charge is 0.343 e. The Hall–Kier alpha value is -1.82. The number of carbonyl (C=O) groups excluding carboxylic acids is 2. The highest BCUT2D eigenvalue weighted by atomic mass is 28.3. The molecule has 23 heavy (non-hydrogen) atoms. The second-order valence-electron chi connectivity index (χ2n) is 6.86. The molecule has 6 heteroatoms. The van der Waals surface area contributed by atoms with Gasteiger partial charge in [0.1, 0.15) is 8.07 Å². The number of nitrogens with zero attached hydrogens (tertiary/aromatic N) is 1. The summed E-state index contributed by atoms with van der Waals surface area (Å²) in [6, 6.07) is 10.5. The zero-order chi connectivity index (χ0) is 16.9. The number of hydrogen-bond acceptors (Lipinski definition) is 2. The van der Waals surface area contributed by atoms with Gasteiger partial charge in [0.25, 0.3) is 0 Å². The summed E-state index contributed by atoms with van der Waals surface area (Å²) in [5.74, 6) is 0.114. The van der Waals surface area contributed by atoms with E-state index in [1.807, 2.05) is 23.1 Å². The molecule has 1 heterocycles. The smallest absolute Gasteiger partial charge is 0.314 e. The molecule has 1 aliphatic rings. The molecule has 1 saturated heterocycles. The molecule has 0 saturated carbocycles. The molecule has 1 fully saturated rings. The van der Waals surface area contributed by atoms with Crippen molar-refractivity contribution in [3.8, 4) is 0 Å². The summed E-state index contributed by atoms with van der Waals surface area (Å²) >= 11 is 0. The van der Waals surface area contributed by atoms with Gasteiger partial charge in [-0.05, 0) is 12.8 Å². The first-order valence-electron chi connectivity index (χ1n) is 8.24. The second-order valence-corrected chi connectivity index (χ2v) is 11.6. The fourth-order valence-electron chi connectivity index (χ4n) is 2.87. The van der Waals surface area contributed by atoms with Crippen LogP contribution in [0.3, 0.4) is 0 Å². The van der Waals surface area contributed by atoms with E-state index >= 15 is 0 Å². The molecular formula is C17H27N3O2Si. The van der Waals surface area contributed by atoms with E-state index in [2.05, 4.69) is 35.9 Å². The number of likely N-dealkylation sites (tertiary alicyclic amines) is 1. The first-order chi connectivity index (χ1) is 10.9. The van der Waals surface area contributed by atoms with E-state index < -0.39 is 8.07 Å². The SMILES string of the molecule is CC(=O)N1CCC(NC(=O)NC[Si](C)(C)c2ccccc2)CC1. The van der Waals surface area contributed by atoms with E-state index in [1.54, 1.807) is 6.92 Å². The fraction of sp³-hybridized carbons (Fsp3) is 0.529. The average molecular weight is 334 g/mol. The van der Waals surface area contributed by atoms with Crippen LogP contribution in [0, 0.1) is 0 Å². The molecule has 0 unspecified atom stereocenters. The minimum atomic E-state index is -1.66. The van der Waals surface area contributed by atoms with Gasteiger partial charge in [-0.25, -0.2) is 4.79 Å². The van der Waals surface area contributed by atoms with Gasteiger partial charge in [0.05, 0.1) is 0 Å². The molecule has 0 aromatic heterocycles. The van der Waals surface area contributed by atoms with Gasteiger partial charge in [-0.1, -0.05) is 48.6 Å². The van der Waals surface area contributed by atoms with Crippen LogP contribution in [0.5, 0.6) is 0 Å². The summed E-state index contributed by atoms with van der Waals surface area (Å²) in [7, 11) is -1.66. The van der Waals surface area contributed by atoms with Crippen LogP contribution in [0.2, 0.25) is 13.1 Å². The minimum Gasteiger partial charge on any atom is -0.343 e. The van der Waals surface area contributed by atoms with Crippen LogP contribution in [0.25, 0.3) is 0 Å². The van der Waals surface area contributed by atoms with Crippen LogP contribution < -0.4 is 15.8 Å². The van der Waals surface area contributed by atoms with E-state index in [-0.39, 0.29) is 18.0 Å². The molecule has 0 spiro atoms. The molecule has 0 atom stereocenters. The maximum atomic E-state index is 12.1. The summed E-state index contributed by atoms with van der Waals surface area (Å²) in [6.07, 6.45) is 2.37. The van der Waals surface area contributed by atoms with Gasteiger partial charge in [0, 0.05) is 32.2 Å².